The molecule has 1 nitrogen and oxygen atoms in total. The van der Waals surface area contributed by atoms with E-state index in [9.17, 15) is 4.79 Å². The molecule has 0 heterocycles. The topological polar surface area (TPSA) is 17.1 Å². The molecule has 0 spiro atoms. The predicted molar refractivity (Wildman–Crippen MR) is 95.0 cm³/mol. The monoisotopic (exact) mass is 306 g/mol. The summed E-state index contributed by atoms with van der Waals surface area (Å²) >= 11 is 0. The van der Waals surface area contributed by atoms with E-state index in [1.54, 1.807) is 0 Å². The van der Waals surface area contributed by atoms with Gasteiger partial charge in [-0.25, -0.2) is 0 Å². The molecule has 22 heavy (non-hydrogen) atoms. The van der Waals surface area contributed by atoms with Gasteiger partial charge in [-0.3, -0.25) is 4.79 Å². The quantitative estimate of drug-likeness (QED) is 0.465. The minimum atomic E-state index is 0.418. The Bertz CT molecular complexity index is 306. The summed E-state index contributed by atoms with van der Waals surface area (Å²) in [4.78, 5) is 12.0. The minimum Gasteiger partial charge on any atom is -0.299 e. The summed E-state index contributed by atoms with van der Waals surface area (Å²) in [6, 6.07) is 0. The first-order valence-electron chi connectivity index (χ1n) is 10.3. The molecule has 0 aromatic rings. The summed E-state index contributed by atoms with van der Waals surface area (Å²) in [7, 11) is 0. The minimum absolute atomic E-state index is 0.418. The zero-order valence-electron chi connectivity index (χ0n) is 15.1. The van der Waals surface area contributed by atoms with Crippen LogP contribution >= 0.6 is 0 Å². The molecule has 2 aliphatic rings. The van der Waals surface area contributed by atoms with Crippen LogP contribution in [-0.4, -0.2) is 5.78 Å². The van der Waals surface area contributed by atoms with Gasteiger partial charge in [0.2, 0.25) is 0 Å². The molecule has 2 rings (SSSR count). The Labute approximate surface area is 138 Å². The smallest absolute Gasteiger partial charge is 0.135 e. The highest BCUT2D eigenvalue weighted by Gasteiger charge is 2.32. The third-order valence-electron chi connectivity index (χ3n) is 6.50. The summed E-state index contributed by atoms with van der Waals surface area (Å²) in [5.74, 6) is 3.94. The van der Waals surface area contributed by atoms with Gasteiger partial charge in [-0.05, 0) is 62.7 Å². The zero-order chi connectivity index (χ0) is 15.8. The lowest BCUT2D eigenvalue weighted by molar-refractivity contribution is -0.124. The standard InChI is InChI=1S/C21H38O/c1-3-5-6-8-17-9-11-18(12-10-17)19-13-15-20(16-14-19)21(22)7-4-2/h17-20H,3-16H2,1-2H3. The van der Waals surface area contributed by atoms with E-state index in [0.29, 0.717) is 11.7 Å². The van der Waals surface area contributed by atoms with E-state index in [0.717, 1.165) is 30.6 Å². The van der Waals surface area contributed by atoms with Crippen molar-refractivity contribution in [2.75, 3.05) is 0 Å². The van der Waals surface area contributed by atoms with Gasteiger partial charge in [0.15, 0.2) is 0 Å². The molecule has 2 saturated carbocycles. The second-order valence-electron chi connectivity index (χ2n) is 8.10. The highest BCUT2D eigenvalue weighted by Crippen LogP contribution is 2.42. The number of carbonyl (C=O) groups excluding carboxylic acids is 1. The van der Waals surface area contributed by atoms with E-state index in [1.807, 2.05) is 0 Å². The van der Waals surface area contributed by atoms with Crippen molar-refractivity contribution in [1.29, 1.82) is 0 Å². The lowest BCUT2D eigenvalue weighted by Crippen LogP contribution is -2.28. The fourth-order valence-electron chi connectivity index (χ4n) is 4.99. The van der Waals surface area contributed by atoms with Crippen molar-refractivity contribution in [2.24, 2.45) is 23.7 Å². The Morgan fingerprint density at radius 1 is 0.773 bits per heavy atom. The van der Waals surface area contributed by atoms with Crippen molar-refractivity contribution in [3.05, 3.63) is 0 Å². The van der Waals surface area contributed by atoms with Crippen molar-refractivity contribution in [3.8, 4) is 0 Å². The van der Waals surface area contributed by atoms with Crippen molar-refractivity contribution < 1.29 is 4.79 Å². The average molecular weight is 307 g/mol. The predicted octanol–water partition coefficient (Wildman–Crippen LogP) is 6.55. The van der Waals surface area contributed by atoms with E-state index in [-0.39, 0.29) is 0 Å². The van der Waals surface area contributed by atoms with Gasteiger partial charge < -0.3 is 0 Å². The number of hydrogen-bond donors (Lipinski definition) is 0. The molecule has 0 atom stereocenters. The zero-order valence-corrected chi connectivity index (χ0v) is 15.1. The van der Waals surface area contributed by atoms with Crippen LogP contribution in [0.3, 0.4) is 0 Å². The molecule has 0 bridgehead atoms. The molecule has 128 valence electrons. The van der Waals surface area contributed by atoms with Crippen LogP contribution in [0.5, 0.6) is 0 Å². The van der Waals surface area contributed by atoms with Crippen LogP contribution in [0, 0.1) is 23.7 Å². The highest BCUT2D eigenvalue weighted by molar-refractivity contribution is 5.80. The van der Waals surface area contributed by atoms with Crippen LogP contribution in [0.25, 0.3) is 0 Å². The molecule has 0 saturated heterocycles. The van der Waals surface area contributed by atoms with Crippen LogP contribution in [-0.2, 0) is 4.79 Å². The summed E-state index contributed by atoms with van der Waals surface area (Å²) in [5.41, 5.74) is 0. The van der Waals surface area contributed by atoms with E-state index >= 15 is 0 Å². The van der Waals surface area contributed by atoms with Crippen LogP contribution in [0.2, 0.25) is 0 Å². The fourth-order valence-corrected chi connectivity index (χ4v) is 4.99. The molecular formula is C21H38O. The number of ketones is 1. The Hall–Kier alpha value is -0.330. The summed E-state index contributed by atoms with van der Waals surface area (Å²) in [6.45, 7) is 4.43. The molecule has 2 aliphatic carbocycles. The number of unbranched alkanes of at least 4 members (excludes halogenated alkanes) is 2. The molecule has 0 unspecified atom stereocenters. The van der Waals surface area contributed by atoms with Gasteiger partial charge in [0.05, 0.1) is 0 Å². The molecule has 0 aromatic carbocycles. The van der Waals surface area contributed by atoms with Gasteiger partial charge in [-0.2, -0.15) is 0 Å². The maximum atomic E-state index is 12.0. The summed E-state index contributed by atoms with van der Waals surface area (Å²) < 4.78 is 0. The van der Waals surface area contributed by atoms with Gasteiger partial charge in [0, 0.05) is 12.3 Å². The van der Waals surface area contributed by atoms with Crippen LogP contribution in [0.15, 0.2) is 0 Å². The van der Waals surface area contributed by atoms with Crippen molar-refractivity contribution in [1.82, 2.24) is 0 Å². The van der Waals surface area contributed by atoms with E-state index in [4.69, 9.17) is 0 Å². The van der Waals surface area contributed by atoms with E-state index in [1.165, 1.54) is 77.0 Å². The van der Waals surface area contributed by atoms with E-state index < -0.39 is 0 Å². The normalized spacial score (nSPS) is 32.8. The molecule has 0 amide bonds. The van der Waals surface area contributed by atoms with Crippen LogP contribution in [0.1, 0.15) is 104 Å². The van der Waals surface area contributed by atoms with Crippen molar-refractivity contribution >= 4 is 5.78 Å². The van der Waals surface area contributed by atoms with Gasteiger partial charge in [-0.15, -0.1) is 0 Å². The second-order valence-corrected chi connectivity index (χ2v) is 8.10. The Morgan fingerprint density at radius 2 is 1.36 bits per heavy atom. The first-order valence-corrected chi connectivity index (χ1v) is 10.3. The Kier molecular flexibility index (Phi) is 7.97. The van der Waals surface area contributed by atoms with Crippen LogP contribution < -0.4 is 0 Å². The van der Waals surface area contributed by atoms with Gasteiger partial charge in [0.1, 0.15) is 5.78 Å². The van der Waals surface area contributed by atoms with Gasteiger partial charge >= 0.3 is 0 Å². The van der Waals surface area contributed by atoms with Gasteiger partial charge in [-0.1, -0.05) is 52.4 Å². The molecule has 0 aliphatic heterocycles. The van der Waals surface area contributed by atoms with Crippen molar-refractivity contribution in [3.63, 3.8) is 0 Å². The fraction of sp³-hybridized carbons (Fsp3) is 0.952. The maximum Gasteiger partial charge on any atom is 0.135 e. The summed E-state index contributed by atoms with van der Waals surface area (Å²) in [6.07, 6.45) is 18.6. The average Bonchev–Trinajstić information content (AvgIpc) is 2.56. The lowest BCUT2D eigenvalue weighted by atomic mass is 9.68. The third-order valence-corrected chi connectivity index (χ3v) is 6.50. The van der Waals surface area contributed by atoms with Crippen molar-refractivity contribution in [2.45, 2.75) is 104 Å². The number of Topliss-reactive ketones (excluding diaryl/α,β-unsaturated/α-hetero) is 1. The Balaban J connectivity index is 1.65. The first-order chi connectivity index (χ1) is 10.7. The molecule has 0 radical (unpaired) electrons. The lowest BCUT2D eigenvalue weighted by Gasteiger charge is -2.37. The first kappa shape index (κ1) is 18.0. The largest absolute Gasteiger partial charge is 0.299 e. The molecular weight excluding hydrogens is 268 g/mol. The highest BCUT2D eigenvalue weighted by atomic mass is 16.1. The van der Waals surface area contributed by atoms with Crippen LogP contribution in [0.4, 0.5) is 0 Å². The molecule has 1 heteroatoms. The van der Waals surface area contributed by atoms with Gasteiger partial charge in [0.25, 0.3) is 0 Å². The van der Waals surface area contributed by atoms with E-state index in [2.05, 4.69) is 13.8 Å². The Morgan fingerprint density at radius 3 is 1.91 bits per heavy atom. The number of carbonyl (C=O) groups is 1. The number of rotatable bonds is 8. The summed E-state index contributed by atoms with van der Waals surface area (Å²) in [5, 5.41) is 0. The SMILES string of the molecule is CCCCCC1CCC(C2CCC(C(=O)CCC)CC2)CC1. The maximum absolute atomic E-state index is 12.0. The second kappa shape index (κ2) is 9.73. The third kappa shape index (κ3) is 5.39. The number of hydrogen-bond acceptors (Lipinski definition) is 1. The molecule has 0 aromatic heterocycles. The molecule has 2 fully saturated rings. The molecule has 0 N–H and O–H groups in total.